The molecule has 1 aromatic heterocycles. The van der Waals surface area contributed by atoms with Crippen molar-refractivity contribution in [1.82, 2.24) is 0 Å². The van der Waals surface area contributed by atoms with Crippen LogP contribution in [0.1, 0.15) is 52.0 Å². The molecule has 1 heterocycles. The van der Waals surface area contributed by atoms with Gasteiger partial charge in [0.2, 0.25) is 0 Å². The van der Waals surface area contributed by atoms with Gasteiger partial charge in [0, 0.05) is 21.9 Å². The summed E-state index contributed by atoms with van der Waals surface area (Å²) in [5, 5.41) is 0. The molecule has 0 radical (unpaired) electrons. The van der Waals surface area contributed by atoms with E-state index in [1.165, 1.54) is 41.9 Å². The summed E-state index contributed by atoms with van der Waals surface area (Å²) in [4.78, 5) is 26.3. The van der Waals surface area contributed by atoms with Gasteiger partial charge in [0.15, 0.2) is 0 Å². The predicted molar refractivity (Wildman–Crippen MR) is 162 cm³/mol. The van der Waals surface area contributed by atoms with Crippen molar-refractivity contribution in [1.29, 1.82) is 0 Å². The van der Waals surface area contributed by atoms with E-state index in [9.17, 15) is 9.59 Å². The molecule has 0 saturated heterocycles. The number of hydrogen-bond donors (Lipinski definition) is 0. The zero-order valence-corrected chi connectivity index (χ0v) is 23.7. The summed E-state index contributed by atoms with van der Waals surface area (Å²) in [6.07, 6.45) is 19.2. The molecule has 0 N–H and O–H groups in total. The maximum atomic E-state index is 12.0. The van der Waals surface area contributed by atoms with Crippen LogP contribution in [0.2, 0.25) is 0 Å². The fourth-order valence-corrected chi connectivity index (χ4v) is 5.12. The van der Waals surface area contributed by atoms with Crippen LogP contribution < -0.4 is 9.47 Å². The Bertz CT molecular complexity index is 1320. The van der Waals surface area contributed by atoms with E-state index in [2.05, 4.69) is 13.0 Å². The molecular formula is C34H36O4S. The van der Waals surface area contributed by atoms with E-state index in [0.29, 0.717) is 11.5 Å². The summed E-state index contributed by atoms with van der Waals surface area (Å²) >= 11 is 1.74. The minimum Gasteiger partial charge on any atom is -0.423 e. The Balaban J connectivity index is 1.79. The number of thiophene rings is 1. The van der Waals surface area contributed by atoms with Gasteiger partial charge in [-0.1, -0.05) is 62.6 Å². The standard InChI is InChI=1S/C34H36O4S/c1-4-7-10-13-14-28-25-31(26-17-21-29(22-18-26)37-32(35)15-11-8-5-2)39-34(28)27-19-23-30(24-20-27)38-33(36)16-12-9-6-3/h5-6,8-9,11-12,15-25H,4,7,10,13-14H2,1-3H3/b8-5+,9-6+,15-11+,16-12+. The number of carbonyl (C=O) groups excluding carboxylic acids is 2. The van der Waals surface area contributed by atoms with Gasteiger partial charge in [-0.15, -0.1) is 11.3 Å². The van der Waals surface area contributed by atoms with Gasteiger partial charge >= 0.3 is 11.9 Å². The maximum absolute atomic E-state index is 12.0. The molecular weight excluding hydrogens is 504 g/mol. The van der Waals surface area contributed by atoms with E-state index in [4.69, 9.17) is 9.47 Å². The lowest BCUT2D eigenvalue weighted by Gasteiger charge is -2.06. The third-order valence-corrected chi connectivity index (χ3v) is 7.15. The van der Waals surface area contributed by atoms with Crippen molar-refractivity contribution in [3.05, 3.63) is 109 Å². The first-order valence-corrected chi connectivity index (χ1v) is 14.2. The monoisotopic (exact) mass is 540 g/mol. The SMILES string of the molecule is C/C=C/C=C/C(=O)Oc1ccc(-c2cc(CCCCCC)c(-c3ccc(OC(=O)/C=C/C=C/C)cc3)s2)cc1. The van der Waals surface area contributed by atoms with Crippen molar-refractivity contribution >= 4 is 23.3 Å². The van der Waals surface area contributed by atoms with Gasteiger partial charge in [0.05, 0.1) is 0 Å². The predicted octanol–water partition coefficient (Wildman–Crippen LogP) is 9.28. The van der Waals surface area contributed by atoms with Crippen molar-refractivity contribution in [2.75, 3.05) is 0 Å². The minimum atomic E-state index is -0.406. The van der Waals surface area contributed by atoms with E-state index in [1.54, 1.807) is 35.6 Å². The van der Waals surface area contributed by atoms with Crippen LogP contribution in [0.5, 0.6) is 11.5 Å². The summed E-state index contributed by atoms with van der Waals surface area (Å²) in [5.74, 6) is 0.215. The van der Waals surface area contributed by atoms with Crippen molar-refractivity contribution < 1.29 is 19.1 Å². The molecule has 0 bridgehead atoms. The van der Waals surface area contributed by atoms with E-state index in [1.807, 2.05) is 74.5 Å². The second-order valence-corrected chi connectivity index (χ2v) is 9.99. The Hall–Kier alpha value is -3.96. The molecule has 0 aliphatic carbocycles. The molecule has 0 aliphatic heterocycles. The highest BCUT2D eigenvalue weighted by Crippen LogP contribution is 2.40. The molecule has 4 nitrogen and oxygen atoms in total. The Morgan fingerprint density at radius 1 is 0.718 bits per heavy atom. The van der Waals surface area contributed by atoms with Crippen LogP contribution in [-0.4, -0.2) is 11.9 Å². The van der Waals surface area contributed by atoms with Crippen LogP contribution in [0, 0.1) is 0 Å². The average Bonchev–Trinajstić information content (AvgIpc) is 3.36. The van der Waals surface area contributed by atoms with Gasteiger partial charge in [-0.2, -0.15) is 0 Å². The number of rotatable bonds is 13. The number of ether oxygens (including phenoxy) is 2. The van der Waals surface area contributed by atoms with Crippen molar-refractivity contribution in [2.24, 2.45) is 0 Å². The lowest BCUT2D eigenvalue weighted by atomic mass is 10.0. The number of carbonyl (C=O) groups is 2. The highest BCUT2D eigenvalue weighted by molar-refractivity contribution is 7.19. The molecule has 39 heavy (non-hydrogen) atoms. The van der Waals surface area contributed by atoms with Gasteiger partial charge < -0.3 is 9.47 Å². The number of allylic oxidation sites excluding steroid dienone is 6. The molecule has 0 aliphatic rings. The molecule has 202 valence electrons. The molecule has 0 atom stereocenters. The first-order chi connectivity index (χ1) is 19.0. The smallest absolute Gasteiger partial charge is 0.336 e. The topological polar surface area (TPSA) is 52.6 Å². The van der Waals surface area contributed by atoms with Crippen LogP contribution in [0.25, 0.3) is 20.9 Å². The van der Waals surface area contributed by atoms with E-state index in [-0.39, 0.29) is 0 Å². The number of esters is 2. The molecule has 0 spiro atoms. The molecule has 5 heteroatoms. The van der Waals surface area contributed by atoms with E-state index in [0.717, 1.165) is 28.8 Å². The zero-order chi connectivity index (χ0) is 27.9. The third kappa shape index (κ3) is 9.69. The van der Waals surface area contributed by atoms with Crippen LogP contribution in [0.4, 0.5) is 0 Å². The fraction of sp³-hybridized carbons (Fsp3) is 0.235. The van der Waals surface area contributed by atoms with Gasteiger partial charge in [-0.25, -0.2) is 9.59 Å². The highest BCUT2D eigenvalue weighted by Gasteiger charge is 2.14. The van der Waals surface area contributed by atoms with Gasteiger partial charge in [0.1, 0.15) is 11.5 Å². The molecule has 0 unspecified atom stereocenters. The maximum Gasteiger partial charge on any atom is 0.336 e. The Morgan fingerprint density at radius 2 is 1.26 bits per heavy atom. The van der Waals surface area contributed by atoms with E-state index < -0.39 is 11.9 Å². The number of hydrogen-bond acceptors (Lipinski definition) is 5. The summed E-state index contributed by atoms with van der Waals surface area (Å²) in [7, 11) is 0. The highest BCUT2D eigenvalue weighted by atomic mass is 32.1. The Morgan fingerprint density at radius 3 is 1.77 bits per heavy atom. The number of aryl methyl sites for hydroxylation is 1. The molecule has 0 fully saturated rings. The fourth-order valence-electron chi connectivity index (χ4n) is 3.90. The van der Waals surface area contributed by atoms with Crippen LogP contribution in [0.15, 0.2) is 103 Å². The minimum absolute atomic E-state index is 0.404. The summed E-state index contributed by atoms with van der Waals surface area (Å²) in [5.41, 5.74) is 3.48. The van der Waals surface area contributed by atoms with Crippen LogP contribution in [-0.2, 0) is 16.0 Å². The molecule has 2 aromatic carbocycles. The van der Waals surface area contributed by atoms with Gasteiger partial charge in [0.25, 0.3) is 0 Å². The van der Waals surface area contributed by atoms with Crippen LogP contribution in [0.3, 0.4) is 0 Å². The van der Waals surface area contributed by atoms with Crippen molar-refractivity contribution in [3.8, 4) is 32.4 Å². The number of unbranched alkanes of at least 4 members (excludes halogenated alkanes) is 3. The Labute approximate surface area is 236 Å². The zero-order valence-electron chi connectivity index (χ0n) is 22.9. The molecule has 0 amide bonds. The number of benzene rings is 2. The average molecular weight is 541 g/mol. The lowest BCUT2D eigenvalue weighted by Crippen LogP contribution is -2.03. The van der Waals surface area contributed by atoms with Crippen molar-refractivity contribution in [3.63, 3.8) is 0 Å². The second-order valence-electron chi connectivity index (χ2n) is 8.94. The summed E-state index contributed by atoms with van der Waals surface area (Å²) in [6.45, 7) is 6.00. The first kappa shape index (κ1) is 29.6. The third-order valence-electron chi connectivity index (χ3n) is 5.87. The molecule has 0 saturated carbocycles. The summed E-state index contributed by atoms with van der Waals surface area (Å²) < 4.78 is 10.8. The first-order valence-electron chi connectivity index (χ1n) is 13.4. The largest absolute Gasteiger partial charge is 0.423 e. The molecule has 3 rings (SSSR count). The van der Waals surface area contributed by atoms with E-state index >= 15 is 0 Å². The normalized spacial score (nSPS) is 11.8. The van der Waals surface area contributed by atoms with Crippen LogP contribution >= 0.6 is 11.3 Å². The van der Waals surface area contributed by atoms with Gasteiger partial charge in [-0.05, 0) is 98.0 Å². The Kier molecular flexibility index (Phi) is 12.2. The lowest BCUT2D eigenvalue weighted by molar-refractivity contribution is -0.129. The van der Waals surface area contributed by atoms with Gasteiger partial charge in [-0.3, -0.25) is 0 Å². The summed E-state index contributed by atoms with van der Waals surface area (Å²) in [6, 6.07) is 17.6. The molecule has 3 aromatic rings. The quantitative estimate of drug-likeness (QED) is 0.0713. The van der Waals surface area contributed by atoms with Crippen molar-refractivity contribution in [2.45, 2.75) is 52.9 Å². The second kappa shape index (κ2) is 16.1.